The maximum atomic E-state index is 13.1. The SMILES string of the molecule is C=CC[C@H](O)[C@@H]1CC[C@H]1CN1C[C@@]2(CCCc3cc(Cl)ccc32)COc2ccc(C(=O)NS(=O)(=O)C[C@H](O)C=C)cc21. The third-order valence-electron chi connectivity index (χ3n) is 9.04. The molecule has 10 heteroatoms. The molecule has 1 amide bonds. The number of aliphatic hydroxyl groups excluding tert-OH is 2. The van der Waals surface area contributed by atoms with E-state index in [4.69, 9.17) is 16.3 Å². The number of hydrogen-bond acceptors (Lipinski definition) is 7. The summed E-state index contributed by atoms with van der Waals surface area (Å²) in [5.74, 6) is -0.429. The minimum Gasteiger partial charge on any atom is -0.490 e. The summed E-state index contributed by atoms with van der Waals surface area (Å²) in [6, 6.07) is 11.0. The second kappa shape index (κ2) is 12.4. The molecule has 1 spiro atoms. The lowest BCUT2D eigenvalue weighted by molar-refractivity contribution is 0.0178. The molecule has 1 aliphatic heterocycles. The van der Waals surface area contributed by atoms with Crippen molar-refractivity contribution in [1.82, 2.24) is 4.72 Å². The van der Waals surface area contributed by atoms with Crippen molar-refractivity contribution in [2.75, 3.05) is 30.3 Å². The zero-order chi connectivity index (χ0) is 30.1. The second-order valence-electron chi connectivity index (χ2n) is 11.9. The highest BCUT2D eigenvalue weighted by atomic mass is 35.5. The Kier molecular flexibility index (Phi) is 9.04. The van der Waals surface area contributed by atoms with Gasteiger partial charge in [0.2, 0.25) is 10.0 Å². The van der Waals surface area contributed by atoms with Gasteiger partial charge in [0, 0.05) is 29.1 Å². The first kappa shape index (κ1) is 30.6. The quantitative estimate of drug-likeness (QED) is 0.340. The molecule has 3 N–H and O–H groups in total. The number of fused-ring (bicyclic) bond motifs is 3. The number of rotatable bonds is 10. The van der Waals surface area contributed by atoms with Gasteiger partial charge in [-0.3, -0.25) is 4.79 Å². The fraction of sp³-hybridized carbons (Fsp3) is 0.469. The van der Waals surface area contributed by atoms with Crippen molar-refractivity contribution < 1.29 is 28.2 Å². The summed E-state index contributed by atoms with van der Waals surface area (Å²) in [6.45, 7) is 8.94. The highest BCUT2D eigenvalue weighted by Crippen LogP contribution is 2.46. The van der Waals surface area contributed by atoms with Crippen molar-refractivity contribution in [2.24, 2.45) is 11.8 Å². The topological polar surface area (TPSA) is 116 Å². The number of nitrogens with one attached hydrogen (secondary N) is 1. The highest BCUT2D eigenvalue weighted by Gasteiger charge is 2.44. The number of benzene rings is 2. The van der Waals surface area contributed by atoms with Crippen molar-refractivity contribution in [3.63, 3.8) is 0 Å². The van der Waals surface area contributed by atoms with E-state index in [-0.39, 0.29) is 22.8 Å². The van der Waals surface area contributed by atoms with Crippen LogP contribution in [0.4, 0.5) is 5.69 Å². The fourth-order valence-corrected chi connectivity index (χ4v) is 8.01. The van der Waals surface area contributed by atoms with E-state index in [1.54, 1.807) is 24.3 Å². The normalized spacial score (nSPS) is 24.7. The summed E-state index contributed by atoms with van der Waals surface area (Å²) in [7, 11) is -4.09. The zero-order valence-corrected chi connectivity index (χ0v) is 25.2. The summed E-state index contributed by atoms with van der Waals surface area (Å²) in [5, 5.41) is 21.2. The van der Waals surface area contributed by atoms with Gasteiger partial charge in [0.05, 0.1) is 30.3 Å². The summed E-state index contributed by atoms with van der Waals surface area (Å²) in [5.41, 5.74) is 3.02. The number of amides is 1. The number of carbonyl (C=O) groups excluding carboxylic acids is 1. The highest BCUT2D eigenvalue weighted by molar-refractivity contribution is 7.90. The number of ether oxygens (including phenoxy) is 1. The Hall–Kier alpha value is -2.85. The molecule has 5 rings (SSSR count). The molecular formula is C32H39ClN2O6S. The Morgan fingerprint density at radius 1 is 1.21 bits per heavy atom. The van der Waals surface area contributed by atoms with E-state index in [0.29, 0.717) is 42.6 Å². The number of hydrogen-bond donors (Lipinski definition) is 3. The van der Waals surface area contributed by atoms with Gasteiger partial charge in [0.25, 0.3) is 5.91 Å². The smallest absolute Gasteiger partial charge is 0.264 e. The Morgan fingerprint density at radius 3 is 2.74 bits per heavy atom. The molecular weight excluding hydrogens is 576 g/mol. The number of nitrogens with zero attached hydrogens (tertiary/aromatic N) is 1. The van der Waals surface area contributed by atoms with Crippen LogP contribution in [0.3, 0.4) is 0 Å². The summed E-state index contributed by atoms with van der Waals surface area (Å²) in [6.07, 6.45) is 6.44. The molecule has 0 radical (unpaired) electrons. The van der Waals surface area contributed by atoms with E-state index in [2.05, 4.69) is 28.8 Å². The van der Waals surface area contributed by atoms with E-state index in [0.717, 1.165) is 38.2 Å². The molecule has 2 aliphatic carbocycles. The standard InChI is InChI=1S/C32H39ClN2O6S/c1-3-6-29(37)26-11-8-23(26)17-35-19-32(14-5-7-21-15-24(33)10-12-27(21)32)20-41-30-13-9-22(16-28(30)35)31(38)34-42(39,40)18-25(36)4-2/h3-4,9-10,12-13,15-16,23,25-26,29,36-37H,1-2,5-8,11,14,17-20H2,(H,34,38)/t23-,25+,26+,29-,32-/m0/s1. The maximum Gasteiger partial charge on any atom is 0.264 e. The van der Waals surface area contributed by atoms with Crippen LogP contribution in [0.15, 0.2) is 61.7 Å². The van der Waals surface area contributed by atoms with Crippen LogP contribution in [0.25, 0.3) is 0 Å². The van der Waals surface area contributed by atoms with Gasteiger partial charge < -0.3 is 19.8 Å². The Morgan fingerprint density at radius 2 is 2.02 bits per heavy atom. The number of aryl methyl sites for hydroxylation is 1. The molecule has 5 atom stereocenters. The van der Waals surface area contributed by atoms with E-state index in [9.17, 15) is 23.4 Å². The molecule has 0 saturated heterocycles. The van der Waals surface area contributed by atoms with Crippen LogP contribution < -0.4 is 14.4 Å². The van der Waals surface area contributed by atoms with E-state index >= 15 is 0 Å². The van der Waals surface area contributed by atoms with Crippen molar-refractivity contribution in [3.8, 4) is 5.75 Å². The molecule has 1 heterocycles. The van der Waals surface area contributed by atoms with Crippen molar-refractivity contribution >= 4 is 33.2 Å². The lowest BCUT2D eigenvalue weighted by Gasteiger charge is -2.45. The second-order valence-corrected chi connectivity index (χ2v) is 14.1. The maximum absolute atomic E-state index is 13.1. The third kappa shape index (κ3) is 6.39. The van der Waals surface area contributed by atoms with Crippen molar-refractivity contribution in [2.45, 2.75) is 56.1 Å². The summed E-state index contributed by atoms with van der Waals surface area (Å²) in [4.78, 5) is 15.4. The van der Waals surface area contributed by atoms with Gasteiger partial charge in [-0.15, -0.1) is 13.2 Å². The van der Waals surface area contributed by atoms with Crippen LogP contribution in [0, 0.1) is 11.8 Å². The number of carbonyl (C=O) groups is 1. The Labute approximate surface area is 253 Å². The lowest BCUT2D eigenvalue weighted by Crippen LogP contribution is -2.49. The van der Waals surface area contributed by atoms with Crippen molar-refractivity contribution in [1.29, 1.82) is 0 Å². The lowest BCUT2D eigenvalue weighted by atomic mass is 9.68. The first-order valence-corrected chi connectivity index (χ1v) is 16.5. The van der Waals surface area contributed by atoms with E-state index in [1.165, 1.54) is 11.1 Å². The minimum atomic E-state index is -4.09. The molecule has 0 aromatic heterocycles. The van der Waals surface area contributed by atoms with Gasteiger partial charge in [-0.25, -0.2) is 13.1 Å². The predicted molar refractivity (Wildman–Crippen MR) is 165 cm³/mol. The average molecular weight is 615 g/mol. The number of halogens is 1. The molecule has 0 unspecified atom stereocenters. The number of anilines is 1. The molecule has 3 aliphatic rings. The Bertz CT molecular complexity index is 1460. The van der Waals surface area contributed by atoms with E-state index < -0.39 is 33.9 Å². The van der Waals surface area contributed by atoms with Crippen LogP contribution in [0.1, 0.15) is 53.6 Å². The van der Waals surface area contributed by atoms with Gasteiger partial charge in [0.15, 0.2) is 0 Å². The number of aliphatic hydroxyl groups is 2. The number of sulfonamides is 1. The van der Waals surface area contributed by atoms with Gasteiger partial charge in [-0.1, -0.05) is 29.8 Å². The molecule has 1 fully saturated rings. The van der Waals surface area contributed by atoms with Gasteiger partial charge >= 0.3 is 0 Å². The Balaban J connectivity index is 1.49. The first-order chi connectivity index (χ1) is 20.0. The van der Waals surface area contributed by atoms with Crippen LogP contribution in [0.5, 0.6) is 5.75 Å². The molecule has 0 bridgehead atoms. The van der Waals surface area contributed by atoms with Crippen LogP contribution in [0.2, 0.25) is 5.02 Å². The fourth-order valence-electron chi connectivity index (χ4n) is 6.75. The molecule has 226 valence electrons. The summed E-state index contributed by atoms with van der Waals surface area (Å²) < 4.78 is 33.5. The molecule has 1 saturated carbocycles. The summed E-state index contributed by atoms with van der Waals surface area (Å²) >= 11 is 6.36. The van der Waals surface area contributed by atoms with Crippen LogP contribution >= 0.6 is 11.6 Å². The largest absolute Gasteiger partial charge is 0.490 e. The molecule has 2 aromatic carbocycles. The molecule has 42 heavy (non-hydrogen) atoms. The monoisotopic (exact) mass is 614 g/mol. The minimum absolute atomic E-state index is 0.150. The molecule has 2 aromatic rings. The van der Waals surface area contributed by atoms with Gasteiger partial charge in [-0.05, 0) is 91.8 Å². The van der Waals surface area contributed by atoms with Gasteiger partial charge in [-0.2, -0.15) is 0 Å². The van der Waals surface area contributed by atoms with Crippen molar-refractivity contribution in [3.05, 3.63) is 83.4 Å². The molecule has 8 nitrogen and oxygen atoms in total. The van der Waals surface area contributed by atoms with Crippen LogP contribution in [-0.2, 0) is 21.9 Å². The van der Waals surface area contributed by atoms with E-state index in [1.807, 2.05) is 12.1 Å². The van der Waals surface area contributed by atoms with Crippen LogP contribution in [-0.4, -0.2) is 62.2 Å². The third-order valence-corrected chi connectivity index (χ3v) is 10.6. The zero-order valence-electron chi connectivity index (χ0n) is 23.7. The predicted octanol–water partition coefficient (Wildman–Crippen LogP) is 4.38. The average Bonchev–Trinajstić information content (AvgIpc) is 3.07. The van der Waals surface area contributed by atoms with Gasteiger partial charge in [0.1, 0.15) is 5.75 Å². The first-order valence-electron chi connectivity index (χ1n) is 14.5.